The van der Waals surface area contributed by atoms with E-state index in [9.17, 15) is 13.2 Å². The lowest BCUT2D eigenvalue weighted by Gasteiger charge is -2.26. The molecule has 1 amide bonds. The van der Waals surface area contributed by atoms with Crippen molar-refractivity contribution in [3.05, 3.63) is 18.2 Å². The summed E-state index contributed by atoms with van der Waals surface area (Å²) in [6, 6.07) is 5.04. The van der Waals surface area contributed by atoms with Crippen LogP contribution in [0, 0.1) is 0 Å². The Morgan fingerprint density at radius 3 is 2.81 bits per heavy atom. The van der Waals surface area contributed by atoms with E-state index < -0.39 is 10.0 Å². The number of rotatable bonds is 8. The Labute approximate surface area is 186 Å². The molecule has 0 saturated carbocycles. The molecule has 0 unspecified atom stereocenters. The van der Waals surface area contributed by atoms with E-state index in [-0.39, 0.29) is 22.7 Å². The van der Waals surface area contributed by atoms with Crippen molar-refractivity contribution in [1.29, 1.82) is 0 Å². The number of ether oxygens (including phenoxy) is 2. The van der Waals surface area contributed by atoms with E-state index >= 15 is 0 Å². The number of carbonyl (C=O) groups is 1. The maximum absolute atomic E-state index is 13.0. The normalized spacial score (nSPS) is 20.4. The fourth-order valence-electron chi connectivity index (χ4n) is 3.81. The number of thioether (sulfide) groups is 1. The molecule has 2 saturated heterocycles. The summed E-state index contributed by atoms with van der Waals surface area (Å²) in [5, 5.41) is 3.61. The molecule has 31 heavy (non-hydrogen) atoms. The van der Waals surface area contributed by atoms with Crippen LogP contribution in [-0.2, 0) is 30.8 Å². The molecule has 1 N–H and O–H groups in total. The van der Waals surface area contributed by atoms with E-state index in [0.29, 0.717) is 50.1 Å². The van der Waals surface area contributed by atoms with Crippen LogP contribution in [0.1, 0.15) is 19.8 Å². The summed E-state index contributed by atoms with van der Waals surface area (Å²) in [5.41, 5.74) is 1.46. The molecule has 0 spiro atoms. The van der Waals surface area contributed by atoms with Gasteiger partial charge in [0.2, 0.25) is 15.9 Å². The van der Waals surface area contributed by atoms with Gasteiger partial charge in [0, 0.05) is 32.8 Å². The van der Waals surface area contributed by atoms with Crippen LogP contribution in [0.5, 0.6) is 0 Å². The summed E-state index contributed by atoms with van der Waals surface area (Å²) in [5.74, 6) is 0.181. The second kappa shape index (κ2) is 9.86. The zero-order valence-corrected chi connectivity index (χ0v) is 19.2. The minimum Gasteiger partial charge on any atom is -0.379 e. The lowest BCUT2D eigenvalue weighted by Crippen LogP contribution is -2.40. The molecule has 4 rings (SSSR count). The number of sulfonamides is 1. The fourth-order valence-corrected chi connectivity index (χ4v) is 6.15. The van der Waals surface area contributed by atoms with Crippen molar-refractivity contribution in [3.8, 4) is 0 Å². The van der Waals surface area contributed by atoms with Gasteiger partial charge in [-0.1, -0.05) is 11.8 Å². The van der Waals surface area contributed by atoms with Crippen molar-refractivity contribution in [2.75, 3.05) is 45.2 Å². The van der Waals surface area contributed by atoms with Gasteiger partial charge in [-0.3, -0.25) is 4.79 Å². The van der Waals surface area contributed by atoms with E-state index in [1.807, 2.05) is 11.5 Å². The maximum atomic E-state index is 13.0. The van der Waals surface area contributed by atoms with E-state index in [4.69, 9.17) is 9.47 Å². The smallest absolute Gasteiger partial charge is 0.243 e. The van der Waals surface area contributed by atoms with E-state index in [0.717, 1.165) is 25.0 Å². The summed E-state index contributed by atoms with van der Waals surface area (Å²) in [6.45, 7) is 5.49. The average Bonchev–Trinajstić information content (AvgIpc) is 3.43. The minimum atomic E-state index is -3.58. The predicted octanol–water partition coefficient (Wildman–Crippen LogP) is 1.46. The number of hydrogen-bond acceptors (Lipinski definition) is 7. The number of aryl methyl sites for hydroxylation is 1. The number of benzene rings is 1. The third-order valence-corrected chi connectivity index (χ3v) is 8.36. The van der Waals surface area contributed by atoms with Crippen molar-refractivity contribution in [2.24, 2.45) is 0 Å². The Balaban J connectivity index is 1.47. The molecule has 0 radical (unpaired) electrons. The Morgan fingerprint density at radius 2 is 2.10 bits per heavy atom. The highest BCUT2D eigenvalue weighted by molar-refractivity contribution is 7.99. The molecule has 2 aromatic rings. The lowest BCUT2D eigenvalue weighted by atomic mass is 10.2. The van der Waals surface area contributed by atoms with Gasteiger partial charge in [0.15, 0.2) is 5.16 Å². The Hall–Kier alpha value is -1.66. The number of amides is 1. The van der Waals surface area contributed by atoms with Crippen LogP contribution in [0.3, 0.4) is 0 Å². The number of imidazole rings is 1. The van der Waals surface area contributed by atoms with E-state index in [1.54, 1.807) is 18.2 Å². The first-order valence-corrected chi connectivity index (χ1v) is 13.0. The number of aromatic nitrogens is 2. The quantitative estimate of drug-likeness (QED) is 0.585. The summed E-state index contributed by atoms with van der Waals surface area (Å²) in [7, 11) is -3.58. The first kappa shape index (κ1) is 22.5. The summed E-state index contributed by atoms with van der Waals surface area (Å²) in [4.78, 5) is 17.1. The molecule has 11 heteroatoms. The van der Waals surface area contributed by atoms with Crippen LogP contribution < -0.4 is 5.32 Å². The SMILES string of the molecule is CCn1c(SCC(=O)NC[C@@H]2CCCO2)nc2cc(S(=O)(=O)N3CCOCC3)ccc21. The molecule has 2 aliphatic rings. The Morgan fingerprint density at radius 1 is 1.29 bits per heavy atom. The molecular weight excluding hydrogens is 440 g/mol. The molecule has 3 heterocycles. The first-order valence-electron chi connectivity index (χ1n) is 10.6. The first-order chi connectivity index (χ1) is 15.0. The highest BCUT2D eigenvalue weighted by atomic mass is 32.2. The fraction of sp³-hybridized carbons (Fsp3) is 0.600. The van der Waals surface area contributed by atoms with E-state index in [1.165, 1.54) is 16.1 Å². The molecule has 2 aliphatic heterocycles. The molecule has 170 valence electrons. The average molecular weight is 469 g/mol. The second-order valence-corrected chi connectivity index (χ2v) is 10.4. The third-order valence-electron chi connectivity index (χ3n) is 5.49. The Bertz CT molecular complexity index is 1030. The number of carbonyl (C=O) groups excluding carboxylic acids is 1. The number of hydrogen-bond donors (Lipinski definition) is 1. The minimum absolute atomic E-state index is 0.0641. The zero-order chi connectivity index (χ0) is 21.8. The molecule has 9 nitrogen and oxygen atoms in total. The molecule has 0 bridgehead atoms. The van der Waals surface area contributed by atoms with Crippen LogP contribution in [0.15, 0.2) is 28.3 Å². The van der Waals surface area contributed by atoms with Crippen LogP contribution in [0.2, 0.25) is 0 Å². The maximum Gasteiger partial charge on any atom is 0.243 e. The summed E-state index contributed by atoms with van der Waals surface area (Å²) in [6.07, 6.45) is 2.13. The van der Waals surface area contributed by atoms with Gasteiger partial charge in [-0.25, -0.2) is 13.4 Å². The van der Waals surface area contributed by atoms with Gasteiger partial charge < -0.3 is 19.4 Å². The van der Waals surface area contributed by atoms with Crippen molar-refractivity contribution >= 4 is 38.7 Å². The summed E-state index contributed by atoms with van der Waals surface area (Å²) < 4.78 is 40.1. The molecule has 1 atom stereocenters. The summed E-state index contributed by atoms with van der Waals surface area (Å²) >= 11 is 1.35. The highest BCUT2D eigenvalue weighted by Crippen LogP contribution is 2.27. The van der Waals surface area contributed by atoms with Gasteiger partial charge in [0.1, 0.15) is 0 Å². The van der Waals surface area contributed by atoms with Gasteiger partial charge >= 0.3 is 0 Å². The van der Waals surface area contributed by atoms with Crippen LogP contribution in [0.4, 0.5) is 0 Å². The number of nitrogens with zero attached hydrogens (tertiary/aromatic N) is 3. The number of morpholine rings is 1. The van der Waals surface area contributed by atoms with Gasteiger partial charge in [-0.2, -0.15) is 4.31 Å². The largest absolute Gasteiger partial charge is 0.379 e. The molecule has 1 aromatic carbocycles. The van der Waals surface area contributed by atoms with Gasteiger partial charge in [0.05, 0.1) is 41.0 Å². The number of nitrogens with one attached hydrogen (secondary N) is 1. The van der Waals surface area contributed by atoms with Crippen molar-refractivity contribution in [3.63, 3.8) is 0 Å². The van der Waals surface area contributed by atoms with Crippen LogP contribution >= 0.6 is 11.8 Å². The lowest BCUT2D eigenvalue weighted by molar-refractivity contribution is -0.119. The van der Waals surface area contributed by atoms with Gasteiger partial charge in [-0.05, 0) is 38.0 Å². The molecule has 0 aliphatic carbocycles. The number of fused-ring (bicyclic) bond motifs is 1. The van der Waals surface area contributed by atoms with Crippen LogP contribution in [-0.4, -0.2) is 79.5 Å². The van der Waals surface area contributed by atoms with Crippen molar-refractivity contribution < 1.29 is 22.7 Å². The highest BCUT2D eigenvalue weighted by Gasteiger charge is 2.27. The standard InChI is InChI=1S/C20H28N4O5S2/c1-2-24-18-6-5-16(31(26,27)23-7-10-28-11-8-23)12-17(18)22-20(24)30-14-19(25)21-13-15-4-3-9-29-15/h5-6,12,15H,2-4,7-11,13-14H2,1H3,(H,21,25)/t15-/m0/s1. The zero-order valence-electron chi connectivity index (χ0n) is 17.6. The van der Waals surface area contributed by atoms with Crippen molar-refractivity contribution in [2.45, 2.75) is 42.5 Å². The van der Waals surface area contributed by atoms with Crippen LogP contribution in [0.25, 0.3) is 11.0 Å². The van der Waals surface area contributed by atoms with Crippen molar-refractivity contribution in [1.82, 2.24) is 19.2 Å². The molecule has 1 aromatic heterocycles. The van der Waals surface area contributed by atoms with E-state index in [2.05, 4.69) is 10.3 Å². The van der Waals surface area contributed by atoms with Gasteiger partial charge in [-0.15, -0.1) is 0 Å². The predicted molar refractivity (Wildman–Crippen MR) is 118 cm³/mol. The Kier molecular flexibility index (Phi) is 7.17. The second-order valence-electron chi connectivity index (χ2n) is 7.53. The monoisotopic (exact) mass is 468 g/mol. The van der Waals surface area contributed by atoms with Gasteiger partial charge in [0.25, 0.3) is 0 Å². The molecule has 2 fully saturated rings. The third kappa shape index (κ3) is 5.06. The topological polar surface area (TPSA) is 103 Å². The molecular formula is C20H28N4O5S2.